The first-order valence-corrected chi connectivity index (χ1v) is 8.55. The minimum absolute atomic E-state index is 0.00811. The van der Waals surface area contributed by atoms with Crippen LogP contribution in [0.25, 0.3) is 0 Å². The van der Waals surface area contributed by atoms with E-state index in [2.05, 4.69) is 4.72 Å². The number of rotatable bonds is 6. The molecule has 0 fully saturated rings. The van der Waals surface area contributed by atoms with Crippen molar-refractivity contribution in [2.24, 2.45) is 0 Å². The number of hydrogen-bond donors (Lipinski definition) is 2. The zero-order valence-electron chi connectivity index (χ0n) is 11.1. The van der Waals surface area contributed by atoms with Gasteiger partial charge in [-0.05, 0) is 31.0 Å². The number of nitrogens with one attached hydrogen (secondary N) is 1. The Morgan fingerprint density at radius 1 is 1.20 bits per heavy atom. The SMILES string of the molecule is Cc1ccc(S(=O)(=O)NC[C@H](O)Cc2ccccc2)s1. The van der Waals surface area contributed by atoms with Crippen LogP contribution in [0.2, 0.25) is 0 Å². The van der Waals surface area contributed by atoms with Gasteiger partial charge in [-0.1, -0.05) is 30.3 Å². The average Bonchev–Trinajstić information content (AvgIpc) is 2.85. The van der Waals surface area contributed by atoms with Crippen LogP contribution in [0.1, 0.15) is 10.4 Å². The Kier molecular flexibility index (Phi) is 4.93. The Hall–Kier alpha value is -1.21. The van der Waals surface area contributed by atoms with E-state index in [-0.39, 0.29) is 10.8 Å². The molecule has 108 valence electrons. The molecule has 0 radical (unpaired) electrons. The lowest BCUT2D eigenvalue weighted by molar-refractivity contribution is 0.179. The van der Waals surface area contributed by atoms with Gasteiger partial charge in [-0.15, -0.1) is 11.3 Å². The Bertz CT molecular complexity index is 650. The molecule has 0 aliphatic carbocycles. The molecule has 0 saturated carbocycles. The van der Waals surface area contributed by atoms with Crippen LogP contribution in [-0.4, -0.2) is 26.2 Å². The third-order valence-electron chi connectivity index (χ3n) is 2.80. The second-order valence-electron chi connectivity index (χ2n) is 4.56. The molecular weight excluding hydrogens is 294 g/mol. The fourth-order valence-corrected chi connectivity index (χ4v) is 4.19. The number of thiophene rings is 1. The number of aryl methyl sites for hydroxylation is 1. The van der Waals surface area contributed by atoms with Crippen LogP contribution in [0.3, 0.4) is 0 Å². The predicted octanol–water partition coefficient (Wildman–Crippen LogP) is 1.94. The molecule has 4 nitrogen and oxygen atoms in total. The van der Waals surface area contributed by atoms with E-state index in [0.29, 0.717) is 6.42 Å². The summed E-state index contributed by atoms with van der Waals surface area (Å²) < 4.78 is 26.7. The molecule has 2 N–H and O–H groups in total. The molecule has 0 amide bonds. The zero-order chi connectivity index (χ0) is 14.6. The van der Waals surface area contributed by atoms with Crippen molar-refractivity contribution in [2.45, 2.75) is 23.7 Å². The summed E-state index contributed by atoms with van der Waals surface area (Å²) in [6, 6.07) is 12.8. The quantitative estimate of drug-likeness (QED) is 0.857. The lowest BCUT2D eigenvalue weighted by Crippen LogP contribution is -2.32. The smallest absolute Gasteiger partial charge is 0.250 e. The summed E-state index contributed by atoms with van der Waals surface area (Å²) in [5.74, 6) is 0. The monoisotopic (exact) mass is 311 g/mol. The van der Waals surface area contributed by atoms with E-state index in [0.717, 1.165) is 10.4 Å². The molecule has 0 spiro atoms. The Morgan fingerprint density at radius 2 is 1.90 bits per heavy atom. The minimum Gasteiger partial charge on any atom is -0.391 e. The highest BCUT2D eigenvalue weighted by atomic mass is 32.2. The number of aliphatic hydroxyl groups is 1. The first-order chi connectivity index (χ1) is 9.47. The third-order valence-corrected chi connectivity index (χ3v) is 5.72. The van der Waals surface area contributed by atoms with Crippen LogP contribution >= 0.6 is 11.3 Å². The van der Waals surface area contributed by atoms with Crippen LogP contribution < -0.4 is 4.72 Å². The topological polar surface area (TPSA) is 66.4 Å². The normalized spacial score (nSPS) is 13.3. The second kappa shape index (κ2) is 6.49. The van der Waals surface area contributed by atoms with Gasteiger partial charge >= 0.3 is 0 Å². The van der Waals surface area contributed by atoms with E-state index < -0.39 is 16.1 Å². The van der Waals surface area contributed by atoms with Gasteiger partial charge in [0.1, 0.15) is 4.21 Å². The van der Waals surface area contributed by atoms with Crippen molar-refractivity contribution in [3.63, 3.8) is 0 Å². The van der Waals surface area contributed by atoms with Crippen molar-refractivity contribution in [3.05, 3.63) is 52.9 Å². The Balaban J connectivity index is 1.91. The molecule has 1 heterocycles. The van der Waals surface area contributed by atoms with Gasteiger partial charge in [0.05, 0.1) is 6.10 Å². The van der Waals surface area contributed by atoms with Crippen molar-refractivity contribution in [3.8, 4) is 0 Å². The molecule has 2 rings (SSSR count). The molecule has 0 aliphatic rings. The molecule has 1 atom stereocenters. The average molecular weight is 311 g/mol. The van der Waals surface area contributed by atoms with E-state index >= 15 is 0 Å². The fourth-order valence-electron chi connectivity index (χ4n) is 1.79. The third kappa shape index (κ3) is 4.14. The maximum absolute atomic E-state index is 12.0. The summed E-state index contributed by atoms with van der Waals surface area (Å²) in [4.78, 5) is 0.940. The lowest BCUT2D eigenvalue weighted by atomic mass is 10.1. The van der Waals surface area contributed by atoms with E-state index in [1.165, 1.54) is 11.3 Å². The van der Waals surface area contributed by atoms with Crippen LogP contribution in [0.4, 0.5) is 0 Å². The summed E-state index contributed by atoms with van der Waals surface area (Å²) in [6.45, 7) is 1.86. The molecule has 6 heteroatoms. The second-order valence-corrected chi connectivity index (χ2v) is 7.84. The molecule has 0 aliphatic heterocycles. The first-order valence-electron chi connectivity index (χ1n) is 6.25. The molecule has 0 bridgehead atoms. The number of hydrogen-bond acceptors (Lipinski definition) is 4. The summed E-state index contributed by atoms with van der Waals surface area (Å²) in [5.41, 5.74) is 0.978. The molecule has 2 aromatic rings. The fraction of sp³-hybridized carbons (Fsp3) is 0.286. The standard InChI is InChI=1S/C14H17NO3S2/c1-11-7-8-14(19-11)20(17,18)15-10-13(16)9-12-5-3-2-4-6-12/h2-8,13,15-16H,9-10H2,1H3/t13-/m1/s1. The van der Waals surface area contributed by atoms with Crippen molar-refractivity contribution < 1.29 is 13.5 Å². The van der Waals surface area contributed by atoms with Crippen molar-refractivity contribution in [1.29, 1.82) is 0 Å². The highest BCUT2D eigenvalue weighted by Gasteiger charge is 2.17. The molecule has 20 heavy (non-hydrogen) atoms. The van der Waals surface area contributed by atoms with Gasteiger partial charge < -0.3 is 5.11 Å². The maximum Gasteiger partial charge on any atom is 0.250 e. The van der Waals surface area contributed by atoms with Gasteiger partial charge in [0.25, 0.3) is 0 Å². The van der Waals surface area contributed by atoms with Crippen LogP contribution in [-0.2, 0) is 16.4 Å². The summed E-state index contributed by atoms with van der Waals surface area (Å²) in [6.07, 6.45) is -0.319. The van der Waals surface area contributed by atoms with Gasteiger partial charge in [-0.3, -0.25) is 0 Å². The summed E-state index contributed by atoms with van der Waals surface area (Å²) in [5, 5.41) is 9.89. The van der Waals surface area contributed by atoms with Crippen LogP contribution in [0, 0.1) is 6.92 Å². The van der Waals surface area contributed by atoms with Crippen molar-refractivity contribution in [2.75, 3.05) is 6.54 Å². The van der Waals surface area contributed by atoms with E-state index in [4.69, 9.17) is 0 Å². The Morgan fingerprint density at radius 3 is 2.50 bits per heavy atom. The highest BCUT2D eigenvalue weighted by Crippen LogP contribution is 2.20. The zero-order valence-corrected chi connectivity index (χ0v) is 12.7. The van der Waals surface area contributed by atoms with Crippen LogP contribution in [0.15, 0.2) is 46.7 Å². The molecule has 1 aromatic heterocycles. The van der Waals surface area contributed by atoms with Crippen LogP contribution in [0.5, 0.6) is 0 Å². The predicted molar refractivity (Wildman–Crippen MR) is 80.4 cm³/mol. The number of aliphatic hydroxyl groups excluding tert-OH is 1. The van der Waals surface area contributed by atoms with Crippen molar-refractivity contribution in [1.82, 2.24) is 4.72 Å². The summed E-state index contributed by atoms with van der Waals surface area (Å²) >= 11 is 1.22. The van der Waals surface area contributed by atoms with Crippen molar-refractivity contribution >= 4 is 21.4 Å². The maximum atomic E-state index is 12.0. The largest absolute Gasteiger partial charge is 0.391 e. The van der Waals surface area contributed by atoms with Gasteiger partial charge in [0.15, 0.2) is 0 Å². The Labute approximate surface area is 123 Å². The first kappa shape index (κ1) is 15.2. The van der Waals surface area contributed by atoms with Gasteiger partial charge in [-0.25, -0.2) is 13.1 Å². The van der Waals surface area contributed by atoms with E-state index in [1.54, 1.807) is 12.1 Å². The lowest BCUT2D eigenvalue weighted by Gasteiger charge is -2.11. The number of benzene rings is 1. The molecule has 0 saturated heterocycles. The van der Waals surface area contributed by atoms with Gasteiger partial charge in [0.2, 0.25) is 10.0 Å². The highest BCUT2D eigenvalue weighted by molar-refractivity contribution is 7.91. The van der Waals surface area contributed by atoms with Gasteiger partial charge in [-0.2, -0.15) is 0 Å². The minimum atomic E-state index is -3.52. The number of sulfonamides is 1. The molecule has 1 aromatic carbocycles. The molecule has 0 unspecified atom stereocenters. The van der Waals surface area contributed by atoms with Gasteiger partial charge in [0, 0.05) is 11.4 Å². The summed E-state index contributed by atoms with van der Waals surface area (Å²) in [7, 11) is -3.52. The van der Waals surface area contributed by atoms with E-state index in [1.807, 2.05) is 37.3 Å². The molecular formula is C14H17NO3S2. The van der Waals surface area contributed by atoms with E-state index in [9.17, 15) is 13.5 Å².